The summed E-state index contributed by atoms with van der Waals surface area (Å²) in [7, 11) is 1.60. The minimum atomic E-state index is -0.376. The molecular formula is C22H21ClN2O4S. The number of carbonyl (C=O) groups is 1. The molecule has 0 unspecified atom stereocenters. The number of nitrogens with two attached hydrogens (primary N) is 1. The first-order valence-electron chi connectivity index (χ1n) is 9.11. The van der Waals surface area contributed by atoms with Crippen LogP contribution in [0.4, 0.5) is 0 Å². The SMILES string of the molecule is C=CCc1ccc(OCCOc2ccc(Cl)cc2/C=C2/SC(N)=NC2=O)c(OC)c1. The zero-order valence-electron chi connectivity index (χ0n) is 16.4. The topological polar surface area (TPSA) is 83.1 Å². The molecule has 0 bridgehead atoms. The third-order valence-electron chi connectivity index (χ3n) is 4.10. The monoisotopic (exact) mass is 444 g/mol. The molecule has 156 valence electrons. The van der Waals surface area contributed by atoms with Crippen LogP contribution in [0, 0.1) is 0 Å². The van der Waals surface area contributed by atoms with Crippen molar-refractivity contribution in [2.24, 2.45) is 10.7 Å². The van der Waals surface area contributed by atoms with E-state index in [0.717, 1.165) is 23.7 Å². The van der Waals surface area contributed by atoms with Crippen LogP contribution in [-0.4, -0.2) is 31.4 Å². The van der Waals surface area contributed by atoms with Gasteiger partial charge in [0.05, 0.1) is 12.0 Å². The molecule has 3 rings (SSSR count). The second-order valence-corrected chi connectivity index (χ2v) is 7.72. The third kappa shape index (κ3) is 5.58. The first kappa shape index (κ1) is 21.8. The lowest BCUT2D eigenvalue weighted by molar-refractivity contribution is -0.113. The van der Waals surface area contributed by atoms with Gasteiger partial charge in [-0.25, -0.2) is 0 Å². The van der Waals surface area contributed by atoms with Gasteiger partial charge in [-0.3, -0.25) is 4.79 Å². The predicted octanol–water partition coefficient (Wildman–Crippen LogP) is 4.46. The number of rotatable bonds is 9. The van der Waals surface area contributed by atoms with Crippen molar-refractivity contribution in [2.75, 3.05) is 20.3 Å². The fourth-order valence-corrected chi connectivity index (χ4v) is 3.61. The number of carbonyl (C=O) groups excluding carboxylic acids is 1. The summed E-state index contributed by atoms with van der Waals surface area (Å²) in [5.74, 6) is 1.48. The van der Waals surface area contributed by atoms with Crippen LogP contribution >= 0.6 is 23.4 Å². The first-order valence-corrected chi connectivity index (χ1v) is 10.3. The van der Waals surface area contributed by atoms with Crippen molar-refractivity contribution in [1.29, 1.82) is 0 Å². The minimum Gasteiger partial charge on any atom is -0.493 e. The maximum absolute atomic E-state index is 11.9. The van der Waals surface area contributed by atoms with E-state index in [1.54, 1.807) is 31.4 Å². The molecule has 30 heavy (non-hydrogen) atoms. The van der Waals surface area contributed by atoms with Crippen LogP contribution in [0.1, 0.15) is 11.1 Å². The minimum absolute atomic E-state index is 0.220. The number of thioether (sulfide) groups is 1. The normalized spacial score (nSPS) is 14.5. The molecule has 0 saturated heterocycles. The number of ether oxygens (including phenoxy) is 3. The predicted molar refractivity (Wildman–Crippen MR) is 122 cm³/mol. The van der Waals surface area contributed by atoms with Gasteiger partial charge in [-0.05, 0) is 60.2 Å². The van der Waals surface area contributed by atoms with Crippen LogP contribution in [0.15, 0.2) is 59.0 Å². The van der Waals surface area contributed by atoms with E-state index in [2.05, 4.69) is 11.6 Å². The Morgan fingerprint density at radius 3 is 2.53 bits per heavy atom. The van der Waals surface area contributed by atoms with Crippen molar-refractivity contribution in [3.05, 3.63) is 70.1 Å². The Kier molecular flexibility index (Phi) is 7.43. The molecule has 0 aliphatic carbocycles. The zero-order valence-corrected chi connectivity index (χ0v) is 18.0. The number of halogens is 1. The Balaban J connectivity index is 1.64. The Morgan fingerprint density at radius 2 is 1.87 bits per heavy atom. The van der Waals surface area contributed by atoms with Gasteiger partial charge < -0.3 is 19.9 Å². The largest absolute Gasteiger partial charge is 0.493 e. The summed E-state index contributed by atoms with van der Waals surface area (Å²) in [5, 5.41) is 0.747. The molecular weight excluding hydrogens is 424 g/mol. The van der Waals surface area contributed by atoms with E-state index in [-0.39, 0.29) is 17.7 Å². The maximum Gasteiger partial charge on any atom is 0.286 e. The Hall–Kier alpha value is -2.90. The Bertz CT molecular complexity index is 1020. The second kappa shape index (κ2) is 10.2. The zero-order chi connectivity index (χ0) is 21.5. The van der Waals surface area contributed by atoms with Crippen LogP contribution < -0.4 is 19.9 Å². The van der Waals surface area contributed by atoms with Gasteiger partial charge in [-0.15, -0.1) is 6.58 Å². The maximum atomic E-state index is 11.9. The highest BCUT2D eigenvalue weighted by molar-refractivity contribution is 8.18. The summed E-state index contributed by atoms with van der Waals surface area (Å²) < 4.78 is 17.0. The average Bonchev–Trinajstić information content (AvgIpc) is 3.04. The molecule has 0 atom stereocenters. The number of hydrogen-bond donors (Lipinski definition) is 1. The van der Waals surface area contributed by atoms with Crippen molar-refractivity contribution in [3.63, 3.8) is 0 Å². The van der Waals surface area contributed by atoms with Gasteiger partial charge in [-0.1, -0.05) is 23.7 Å². The molecule has 2 aromatic rings. The number of methoxy groups -OCH3 is 1. The van der Waals surface area contributed by atoms with Crippen molar-refractivity contribution in [1.82, 2.24) is 0 Å². The molecule has 0 spiro atoms. The first-order chi connectivity index (χ1) is 14.5. The molecule has 2 aromatic carbocycles. The molecule has 6 nitrogen and oxygen atoms in total. The highest BCUT2D eigenvalue weighted by atomic mass is 35.5. The highest BCUT2D eigenvalue weighted by Crippen LogP contribution is 2.32. The second-order valence-electron chi connectivity index (χ2n) is 6.22. The molecule has 0 radical (unpaired) electrons. The van der Waals surface area contributed by atoms with E-state index in [0.29, 0.717) is 39.3 Å². The van der Waals surface area contributed by atoms with Gasteiger partial charge in [0.2, 0.25) is 0 Å². The fraction of sp³-hybridized carbons (Fsp3) is 0.182. The van der Waals surface area contributed by atoms with Crippen LogP contribution in [0.3, 0.4) is 0 Å². The van der Waals surface area contributed by atoms with Gasteiger partial charge in [0.25, 0.3) is 5.91 Å². The number of amides is 1. The van der Waals surface area contributed by atoms with Gasteiger partial charge in [0, 0.05) is 10.6 Å². The summed E-state index contributed by atoms with van der Waals surface area (Å²) in [6, 6.07) is 10.9. The quantitative estimate of drug-likeness (QED) is 0.349. The lowest BCUT2D eigenvalue weighted by atomic mass is 10.1. The Morgan fingerprint density at radius 1 is 1.13 bits per heavy atom. The number of allylic oxidation sites excluding steroid dienone is 1. The number of nitrogens with zero attached hydrogens (tertiary/aromatic N) is 1. The van der Waals surface area contributed by atoms with E-state index < -0.39 is 0 Å². The van der Waals surface area contributed by atoms with Crippen molar-refractivity contribution in [2.45, 2.75) is 6.42 Å². The van der Waals surface area contributed by atoms with E-state index in [9.17, 15) is 4.79 Å². The van der Waals surface area contributed by atoms with E-state index in [1.807, 2.05) is 24.3 Å². The van der Waals surface area contributed by atoms with Crippen LogP contribution in [0.5, 0.6) is 17.2 Å². The van der Waals surface area contributed by atoms with Crippen molar-refractivity contribution < 1.29 is 19.0 Å². The molecule has 1 amide bonds. The smallest absolute Gasteiger partial charge is 0.286 e. The van der Waals surface area contributed by atoms with Crippen molar-refractivity contribution >= 4 is 40.5 Å². The molecule has 1 aliphatic heterocycles. The average molecular weight is 445 g/mol. The van der Waals surface area contributed by atoms with Crippen molar-refractivity contribution in [3.8, 4) is 17.2 Å². The molecule has 1 heterocycles. The van der Waals surface area contributed by atoms with Crippen LogP contribution in [0.2, 0.25) is 5.02 Å². The molecule has 2 N–H and O–H groups in total. The van der Waals surface area contributed by atoms with Gasteiger partial charge in [0.1, 0.15) is 19.0 Å². The van der Waals surface area contributed by atoms with E-state index >= 15 is 0 Å². The summed E-state index contributed by atoms with van der Waals surface area (Å²) in [5.41, 5.74) is 7.36. The van der Waals surface area contributed by atoms with Gasteiger partial charge in [-0.2, -0.15) is 4.99 Å². The standard InChI is InChI=1S/C22H21ClN2O4S/c1-3-4-14-5-7-18(19(11-14)27-2)29-10-9-28-17-8-6-16(23)12-15(17)13-20-21(26)25-22(24)30-20/h3,5-8,11-13H,1,4,9-10H2,2H3,(H2,24,25,26)/b20-13+. The third-order valence-corrected chi connectivity index (χ3v) is 5.15. The summed E-state index contributed by atoms with van der Waals surface area (Å²) in [4.78, 5) is 16.0. The summed E-state index contributed by atoms with van der Waals surface area (Å²) in [6.07, 6.45) is 4.26. The molecule has 8 heteroatoms. The van der Waals surface area contributed by atoms with E-state index in [4.69, 9.17) is 31.5 Å². The number of hydrogen-bond acceptors (Lipinski definition) is 6. The molecule has 1 aliphatic rings. The Labute approximate surface area is 184 Å². The number of aliphatic imine (C=N–C) groups is 1. The van der Waals surface area contributed by atoms with Gasteiger partial charge in [0.15, 0.2) is 16.7 Å². The molecule has 0 saturated carbocycles. The summed E-state index contributed by atoms with van der Waals surface area (Å²) >= 11 is 7.22. The van der Waals surface area contributed by atoms with Crippen LogP contribution in [-0.2, 0) is 11.2 Å². The van der Waals surface area contributed by atoms with Crippen LogP contribution in [0.25, 0.3) is 6.08 Å². The number of benzene rings is 2. The number of amidine groups is 1. The molecule has 0 fully saturated rings. The lowest BCUT2D eigenvalue weighted by Crippen LogP contribution is -2.10. The van der Waals surface area contributed by atoms with E-state index in [1.165, 1.54) is 0 Å². The van der Waals surface area contributed by atoms with Gasteiger partial charge >= 0.3 is 0 Å². The molecule has 0 aromatic heterocycles. The highest BCUT2D eigenvalue weighted by Gasteiger charge is 2.20. The lowest BCUT2D eigenvalue weighted by Gasteiger charge is -2.13. The fourth-order valence-electron chi connectivity index (χ4n) is 2.76. The summed E-state index contributed by atoms with van der Waals surface area (Å²) in [6.45, 7) is 4.33.